The van der Waals surface area contributed by atoms with Crippen LogP contribution >= 0.6 is 46.7 Å². The Morgan fingerprint density at radius 1 is 1.24 bits per heavy atom. The number of aromatic nitrogens is 4. The van der Waals surface area contributed by atoms with Gasteiger partial charge in [-0.1, -0.05) is 19.9 Å². The monoisotopic (exact) mass is 545 g/mol. The Morgan fingerprint density at radius 3 is 2.69 bits per heavy atom. The number of aryl methyl sites for hydroxylation is 1. The third-order valence-corrected chi connectivity index (χ3v) is 6.18. The summed E-state index contributed by atoms with van der Waals surface area (Å²) in [6, 6.07) is 4.24. The lowest BCUT2D eigenvalue weighted by Crippen LogP contribution is -2.38. The quantitative estimate of drug-likeness (QED) is 0.255. The summed E-state index contributed by atoms with van der Waals surface area (Å²) in [6.07, 6.45) is 0.968. The van der Waals surface area contributed by atoms with E-state index in [1.807, 2.05) is 18.5 Å². The van der Waals surface area contributed by atoms with Crippen molar-refractivity contribution in [2.75, 3.05) is 6.54 Å². The summed E-state index contributed by atoms with van der Waals surface area (Å²) in [7, 11) is 1.96. The minimum absolute atomic E-state index is 0. The fourth-order valence-corrected chi connectivity index (χ4v) is 4.11. The second-order valence-corrected chi connectivity index (χ2v) is 8.79. The number of hydrogen-bond donors (Lipinski definition) is 2. The van der Waals surface area contributed by atoms with Crippen molar-refractivity contribution in [2.24, 2.45) is 12.0 Å². The van der Waals surface area contributed by atoms with E-state index >= 15 is 0 Å². The molecule has 0 radical (unpaired) electrons. The first-order valence-corrected chi connectivity index (χ1v) is 11.1. The first kappa shape index (κ1) is 23.7. The molecule has 3 aromatic heterocycles. The van der Waals surface area contributed by atoms with Gasteiger partial charge in [0.2, 0.25) is 0 Å². The second-order valence-electron chi connectivity index (χ2n) is 6.82. The molecule has 29 heavy (non-hydrogen) atoms. The van der Waals surface area contributed by atoms with Crippen molar-refractivity contribution in [3.63, 3.8) is 0 Å². The van der Waals surface area contributed by atoms with Crippen molar-refractivity contribution in [2.45, 2.75) is 46.2 Å². The molecular weight excluding hydrogens is 517 g/mol. The number of halogens is 1. The molecule has 3 rings (SSSR count). The molecule has 0 bridgehead atoms. The SMILES string of the molecule is Cc1nnc(CN=C(NCCc2cccs2)NCc2nc(C(C)C)cs2)n1C.I. The van der Waals surface area contributed by atoms with E-state index in [1.54, 1.807) is 22.7 Å². The fourth-order valence-electron chi connectivity index (χ4n) is 2.50. The standard InChI is InChI=1S/C19H27N7S2.HI/c1-13(2)16-12-28-18(23-16)11-22-19(20-8-7-15-6-5-9-27-15)21-10-17-25-24-14(3)26(17)4;/h5-6,9,12-13H,7-8,10-11H2,1-4H3,(H2,20,21,22);1H. The smallest absolute Gasteiger partial charge is 0.192 e. The Morgan fingerprint density at radius 2 is 2.07 bits per heavy atom. The molecule has 10 heteroatoms. The Bertz CT molecular complexity index is 900. The molecule has 0 atom stereocenters. The molecule has 0 aliphatic heterocycles. The van der Waals surface area contributed by atoms with Crippen LogP contribution in [0.15, 0.2) is 27.9 Å². The maximum Gasteiger partial charge on any atom is 0.192 e. The number of thiazole rings is 1. The highest BCUT2D eigenvalue weighted by Gasteiger charge is 2.08. The van der Waals surface area contributed by atoms with Crippen LogP contribution in [-0.4, -0.2) is 32.3 Å². The van der Waals surface area contributed by atoms with Gasteiger partial charge in [-0.25, -0.2) is 9.98 Å². The van der Waals surface area contributed by atoms with Gasteiger partial charge in [0.05, 0.1) is 12.2 Å². The van der Waals surface area contributed by atoms with Crippen molar-refractivity contribution in [1.29, 1.82) is 0 Å². The van der Waals surface area contributed by atoms with E-state index in [-0.39, 0.29) is 24.0 Å². The van der Waals surface area contributed by atoms with Gasteiger partial charge in [-0.15, -0.1) is 56.8 Å². The highest BCUT2D eigenvalue weighted by molar-refractivity contribution is 14.0. The number of nitrogens with one attached hydrogen (secondary N) is 2. The summed E-state index contributed by atoms with van der Waals surface area (Å²) in [5.74, 6) is 2.93. The van der Waals surface area contributed by atoms with Crippen molar-refractivity contribution < 1.29 is 0 Å². The molecule has 158 valence electrons. The van der Waals surface area contributed by atoms with Crippen molar-refractivity contribution in [1.82, 2.24) is 30.4 Å². The first-order chi connectivity index (χ1) is 13.5. The lowest BCUT2D eigenvalue weighted by Gasteiger charge is -2.11. The topological polar surface area (TPSA) is 80.0 Å². The molecule has 3 heterocycles. The Labute approximate surface area is 197 Å². The third kappa shape index (κ3) is 7.03. The van der Waals surface area contributed by atoms with Gasteiger partial charge >= 0.3 is 0 Å². The Kier molecular flexibility index (Phi) is 9.50. The lowest BCUT2D eigenvalue weighted by atomic mass is 10.2. The molecule has 7 nitrogen and oxygen atoms in total. The summed E-state index contributed by atoms with van der Waals surface area (Å²) >= 11 is 3.46. The molecule has 0 aromatic carbocycles. The zero-order valence-corrected chi connectivity index (χ0v) is 21.1. The van der Waals surface area contributed by atoms with Crippen LogP contribution in [0.25, 0.3) is 0 Å². The van der Waals surface area contributed by atoms with Crippen molar-refractivity contribution >= 4 is 52.6 Å². The molecule has 0 amide bonds. The highest BCUT2D eigenvalue weighted by atomic mass is 127. The maximum atomic E-state index is 4.70. The van der Waals surface area contributed by atoms with Gasteiger partial charge in [0, 0.05) is 23.8 Å². The van der Waals surface area contributed by atoms with Gasteiger partial charge in [0.15, 0.2) is 11.8 Å². The molecular formula is C19H28IN7S2. The maximum absolute atomic E-state index is 4.70. The summed E-state index contributed by atoms with van der Waals surface area (Å²) in [4.78, 5) is 10.7. The van der Waals surface area contributed by atoms with Crippen LogP contribution < -0.4 is 10.6 Å². The van der Waals surface area contributed by atoms with Crippen LogP contribution in [0, 0.1) is 6.92 Å². The zero-order valence-electron chi connectivity index (χ0n) is 17.2. The number of hydrogen-bond acceptors (Lipinski definition) is 6. The Balaban J connectivity index is 0.00000300. The lowest BCUT2D eigenvalue weighted by molar-refractivity contribution is 0.745. The number of nitrogens with zero attached hydrogens (tertiary/aromatic N) is 5. The molecule has 2 N–H and O–H groups in total. The summed E-state index contributed by atoms with van der Waals surface area (Å²) < 4.78 is 1.96. The molecule has 0 saturated carbocycles. The predicted octanol–water partition coefficient (Wildman–Crippen LogP) is 3.86. The van der Waals surface area contributed by atoms with Crippen LogP contribution in [-0.2, 0) is 26.6 Å². The van der Waals surface area contributed by atoms with Crippen LogP contribution in [0.4, 0.5) is 0 Å². The summed E-state index contributed by atoms with van der Waals surface area (Å²) in [6.45, 7) is 8.20. The molecule has 0 fully saturated rings. The fraction of sp³-hybridized carbons (Fsp3) is 0.474. The third-order valence-electron chi connectivity index (χ3n) is 4.37. The summed E-state index contributed by atoms with van der Waals surface area (Å²) in [5, 5.41) is 20.4. The van der Waals surface area contributed by atoms with Crippen LogP contribution in [0.3, 0.4) is 0 Å². The van der Waals surface area contributed by atoms with Crippen LogP contribution in [0.1, 0.15) is 47.0 Å². The Hall–Kier alpha value is -1.53. The average molecular weight is 546 g/mol. The van der Waals surface area contributed by atoms with Crippen molar-refractivity contribution in [3.05, 3.63) is 50.1 Å². The van der Waals surface area contributed by atoms with E-state index in [4.69, 9.17) is 4.99 Å². The number of aliphatic imine (C=N–C) groups is 1. The largest absolute Gasteiger partial charge is 0.356 e. The van der Waals surface area contributed by atoms with Gasteiger partial charge in [-0.05, 0) is 30.7 Å². The van der Waals surface area contributed by atoms with E-state index in [1.165, 1.54) is 4.88 Å². The molecule has 0 saturated heterocycles. The van der Waals surface area contributed by atoms with Gasteiger partial charge < -0.3 is 15.2 Å². The van der Waals surface area contributed by atoms with E-state index in [0.717, 1.165) is 41.3 Å². The van der Waals surface area contributed by atoms with E-state index in [0.29, 0.717) is 19.0 Å². The second kappa shape index (κ2) is 11.6. The van der Waals surface area contributed by atoms with Gasteiger partial charge in [0.1, 0.15) is 17.4 Å². The minimum atomic E-state index is 0. The van der Waals surface area contributed by atoms with Crippen molar-refractivity contribution in [3.8, 4) is 0 Å². The van der Waals surface area contributed by atoms with Gasteiger partial charge in [0.25, 0.3) is 0 Å². The highest BCUT2D eigenvalue weighted by Crippen LogP contribution is 2.17. The number of thiophene rings is 1. The number of rotatable bonds is 8. The van der Waals surface area contributed by atoms with Gasteiger partial charge in [-0.2, -0.15) is 0 Å². The number of guanidine groups is 1. The summed E-state index contributed by atoms with van der Waals surface area (Å²) in [5.41, 5.74) is 1.14. The molecule has 0 spiro atoms. The normalized spacial score (nSPS) is 11.6. The van der Waals surface area contributed by atoms with E-state index in [2.05, 4.69) is 62.6 Å². The average Bonchev–Trinajstić information content (AvgIpc) is 3.41. The van der Waals surface area contributed by atoms with Crippen LogP contribution in [0.2, 0.25) is 0 Å². The molecule has 0 aliphatic carbocycles. The first-order valence-electron chi connectivity index (χ1n) is 9.36. The molecule has 0 aliphatic rings. The zero-order chi connectivity index (χ0) is 19.9. The molecule has 0 unspecified atom stereocenters. The predicted molar refractivity (Wildman–Crippen MR) is 131 cm³/mol. The van der Waals surface area contributed by atoms with Gasteiger partial charge in [-0.3, -0.25) is 0 Å². The van der Waals surface area contributed by atoms with E-state index in [9.17, 15) is 0 Å². The molecule has 3 aromatic rings. The minimum Gasteiger partial charge on any atom is -0.356 e. The van der Waals surface area contributed by atoms with E-state index < -0.39 is 0 Å². The van der Waals surface area contributed by atoms with Crippen LogP contribution in [0.5, 0.6) is 0 Å².